The van der Waals surface area contributed by atoms with E-state index in [0.717, 1.165) is 12.8 Å². The van der Waals surface area contributed by atoms with Crippen molar-refractivity contribution in [2.75, 3.05) is 12.4 Å². The average Bonchev–Trinajstić information content (AvgIpc) is 2.28. The Morgan fingerprint density at radius 3 is 2.88 bits per heavy atom. The van der Waals surface area contributed by atoms with E-state index in [0.29, 0.717) is 18.0 Å². The van der Waals surface area contributed by atoms with Gasteiger partial charge in [0.1, 0.15) is 0 Å². The summed E-state index contributed by atoms with van der Waals surface area (Å²) >= 11 is 5.52. The number of amides is 1. The van der Waals surface area contributed by atoms with E-state index in [4.69, 9.17) is 11.6 Å². The summed E-state index contributed by atoms with van der Waals surface area (Å²) in [7, 11) is 1.64. The molecule has 1 aromatic rings. The van der Waals surface area contributed by atoms with Crippen LogP contribution < -0.4 is 10.9 Å². The zero-order valence-electron chi connectivity index (χ0n) is 9.20. The number of aromatic nitrogens is 1. The zero-order valence-corrected chi connectivity index (χ0v) is 9.96. The fraction of sp³-hybridized carbons (Fsp3) is 0.455. The largest absolute Gasteiger partial charge is 0.352 e. The maximum absolute atomic E-state index is 11.6. The highest BCUT2D eigenvalue weighted by Gasteiger charge is 2.05. The van der Waals surface area contributed by atoms with Crippen molar-refractivity contribution in [1.29, 1.82) is 0 Å². The fourth-order valence-electron chi connectivity index (χ4n) is 1.21. The van der Waals surface area contributed by atoms with E-state index in [-0.39, 0.29) is 11.5 Å². The highest BCUT2D eigenvalue weighted by atomic mass is 35.5. The van der Waals surface area contributed by atoms with E-state index in [9.17, 15) is 9.59 Å². The van der Waals surface area contributed by atoms with Crippen LogP contribution in [0.5, 0.6) is 0 Å². The lowest BCUT2D eigenvalue weighted by Crippen LogP contribution is -2.26. The molecule has 0 unspecified atom stereocenters. The Hall–Kier alpha value is -1.29. The monoisotopic (exact) mass is 242 g/mol. The lowest BCUT2D eigenvalue weighted by atomic mass is 10.2. The van der Waals surface area contributed by atoms with Crippen LogP contribution in [-0.4, -0.2) is 22.9 Å². The van der Waals surface area contributed by atoms with Crippen molar-refractivity contribution in [3.05, 3.63) is 34.2 Å². The number of carbonyl (C=O) groups excluding carboxylic acids is 1. The Bertz CT molecular complexity index is 415. The molecule has 0 aliphatic rings. The van der Waals surface area contributed by atoms with Crippen molar-refractivity contribution in [3.63, 3.8) is 0 Å². The number of rotatable bonds is 5. The third-order valence-corrected chi connectivity index (χ3v) is 2.48. The first kappa shape index (κ1) is 12.8. The zero-order chi connectivity index (χ0) is 12.0. The molecule has 1 heterocycles. The van der Waals surface area contributed by atoms with Gasteiger partial charge in [0.15, 0.2) is 0 Å². The SMILES string of the molecule is Cn1ccc(C(=O)NCCCCCl)cc1=O. The van der Waals surface area contributed by atoms with Crippen LogP contribution in [0.1, 0.15) is 23.2 Å². The minimum atomic E-state index is -0.215. The molecule has 0 radical (unpaired) electrons. The van der Waals surface area contributed by atoms with Crippen molar-refractivity contribution in [2.45, 2.75) is 12.8 Å². The molecule has 0 aliphatic heterocycles. The topological polar surface area (TPSA) is 51.1 Å². The molecule has 5 heteroatoms. The summed E-state index contributed by atoms with van der Waals surface area (Å²) in [6, 6.07) is 2.95. The van der Waals surface area contributed by atoms with Crippen LogP contribution in [0.4, 0.5) is 0 Å². The van der Waals surface area contributed by atoms with Gasteiger partial charge < -0.3 is 9.88 Å². The lowest BCUT2D eigenvalue weighted by Gasteiger charge is -2.04. The average molecular weight is 243 g/mol. The third-order valence-electron chi connectivity index (χ3n) is 2.21. The van der Waals surface area contributed by atoms with Crippen molar-refractivity contribution in [3.8, 4) is 0 Å². The molecule has 0 atom stereocenters. The first-order valence-corrected chi connectivity index (χ1v) is 5.69. The first-order chi connectivity index (χ1) is 7.65. The predicted octanol–water partition coefficient (Wildman–Crippen LogP) is 1.13. The predicted molar refractivity (Wildman–Crippen MR) is 64.0 cm³/mol. The molecule has 0 fully saturated rings. The molecule has 1 aromatic heterocycles. The summed E-state index contributed by atoms with van der Waals surface area (Å²) in [4.78, 5) is 22.9. The highest BCUT2D eigenvalue weighted by molar-refractivity contribution is 6.17. The number of alkyl halides is 1. The summed E-state index contributed by atoms with van der Waals surface area (Å²) in [5.41, 5.74) is 0.211. The Labute approximate surface area is 99.2 Å². The molecule has 0 saturated carbocycles. The quantitative estimate of drug-likeness (QED) is 0.622. The second kappa shape index (κ2) is 6.33. The van der Waals surface area contributed by atoms with Crippen LogP contribution in [0, 0.1) is 0 Å². The van der Waals surface area contributed by atoms with Gasteiger partial charge in [-0.2, -0.15) is 0 Å². The van der Waals surface area contributed by atoms with Gasteiger partial charge in [0, 0.05) is 37.3 Å². The van der Waals surface area contributed by atoms with Gasteiger partial charge in [0.05, 0.1) is 0 Å². The van der Waals surface area contributed by atoms with Crippen molar-refractivity contribution < 1.29 is 4.79 Å². The number of hydrogen-bond acceptors (Lipinski definition) is 2. The standard InChI is InChI=1S/C11H15ClN2O2/c1-14-7-4-9(8-10(14)15)11(16)13-6-3-2-5-12/h4,7-8H,2-3,5-6H2,1H3,(H,13,16). The van der Waals surface area contributed by atoms with Crippen molar-refractivity contribution in [2.24, 2.45) is 7.05 Å². The van der Waals surface area contributed by atoms with Crippen LogP contribution >= 0.6 is 11.6 Å². The van der Waals surface area contributed by atoms with E-state index < -0.39 is 0 Å². The second-order valence-corrected chi connectivity index (χ2v) is 3.89. The van der Waals surface area contributed by atoms with Gasteiger partial charge in [-0.15, -0.1) is 11.6 Å². The Kier molecular flexibility index (Phi) is 5.05. The molecule has 0 aromatic carbocycles. The van der Waals surface area contributed by atoms with Crippen molar-refractivity contribution in [1.82, 2.24) is 9.88 Å². The molecule has 0 aliphatic carbocycles. The number of pyridine rings is 1. The van der Waals surface area contributed by atoms with Gasteiger partial charge in [-0.05, 0) is 18.9 Å². The number of carbonyl (C=O) groups is 1. The van der Waals surface area contributed by atoms with Crippen LogP contribution in [0.2, 0.25) is 0 Å². The highest BCUT2D eigenvalue weighted by Crippen LogP contribution is 1.95. The summed E-state index contributed by atoms with van der Waals surface area (Å²) in [6.45, 7) is 0.584. The van der Waals surface area contributed by atoms with E-state index in [1.54, 1.807) is 19.3 Å². The van der Waals surface area contributed by atoms with Gasteiger partial charge in [0.2, 0.25) is 0 Å². The maximum atomic E-state index is 11.6. The molecule has 1 rings (SSSR count). The van der Waals surface area contributed by atoms with Crippen LogP contribution in [-0.2, 0) is 7.05 Å². The normalized spacial score (nSPS) is 10.1. The molecule has 0 saturated heterocycles. The molecular formula is C11H15ClN2O2. The minimum absolute atomic E-state index is 0.187. The van der Waals surface area contributed by atoms with E-state index in [1.807, 2.05) is 0 Å². The number of nitrogens with one attached hydrogen (secondary N) is 1. The fourth-order valence-corrected chi connectivity index (χ4v) is 1.40. The molecule has 4 nitrogen and oxygen atoms in total. The van der Waals surface area contributed by atoms with Crippen molar-refractivity contribution >= 4 is 17.5 Å². The molecule has 1 N–H and O–H groups in total. The minimum Gasteiger partial charge on any atom is -0.352 e. The molecule has 16 heavy (non-hydrogen) atoms. The smallest absolute Gasteiger partial charge is 0.251 e. The number of unbranched alkanes of at least 4 members (excludes halogenated alkanes) is 1. The molecular weight excluding hydrogens is 228 g/mol. The van der Waals surface area contributed by atoms with E-state index >= 15 is 0 Å². The summed E-state index contributed by atoms with van der Waals surface area (Å²) < 4.78 is 1.42. The number of halogens is 1. The van der Waals surface area contributed by atoms with Gasteiger partial charge in [-0.25, -0.2) is 0 Å². The number of nitrogens with zero attached hydrogens (tertiary/aromatic N) is 1. The second-order valence-electron chi connectivity index (χ2n) is 3.52. The van der Waals surface area contributed by atoms with Crippen LogP contribution in [0.25, 0.3) is 0 Å². The van der Waals surface area contributed by atoms with Gasteiger partial charge in [-0.1, -0.05) is 0 Å². The Morgan fingerprint density at radius 1 is 1.50 bits per heavy atom. The number of hydrogen-bond donors (Lipinski definition) is 1. The molecule has 0 bridgehead atoms. The number of aryl methyl sites for hydroxylation is 1. The van der Waals surface area contributed by atoms with Gasteiger partial charge in [0.25, 0.3) is 11.5 Å². The van der Waals surface area contributed by atoms with E-state index in [2.05, 4.69) is 5.32 Å². The van der Waals surface area contributed by atoms with Crippen LogP contribution in [0.15, 0.2) is 23.1 Å². The van der Waals surface area contributed by atoms with Gasteiger partial charge >= 0.3 is 0 Å². The van der Waals surface area contributed by atoms with Gasteiger partial charge in [-0.3, -0.25) is 9.59 Å². The van der Waals surface area contributed by atoms with E-state index in [1.165, 1.54) is 10.6 Å². The van der Waals surface area contributed by atoms with Crippen LogP contribution in [0.3, 0.4) is 0 Å². The summed E-state index contributed by atoms with van der Waals surface area (Å²) in [6.07, 6.45) is 3.30. The molecule has 88 valence electrons. The molecule has 0 spiro atoms. The Balaban J connectivity index is 2.53. The molecule has 1 amide bonds. The maximum Gasteiger partial charge on any atom is 0.251 e. The lowest BCUT2D eigenvalue weighted by molar-refractivity contribution is 0.0953. The third kappa shape index (κ3) is 3.70. The Morgan fingerprint density at radius 2 is 2.25 bits per heavy atom. The first-order valence-electron chi connectivity index (χ1n) is 5.16. The summed E-state index contributed by atoms with van der Waals surface area (Å²) in [5.74, 6) is 0.383. The summed E-state index contributed by atoms with van der Waals surface area (Å²) in [5, 5.41) is 2.73.